The number of aliphatic hydroxyl groups is 1. The molecule has 2 unspecified atom stereocenters. The van der Waals surface area contributed by atoms with Crippen molar-refractivity contribution in [1.82, 2.24) is 5.32 Å². The van der Waals surface area contributed by atoms with Crippen molar-refractivity contribution in [3.63, 3.8) is 0 Å². The number of nitro groups is 1. The molecule has 1 rings (SSSR count). The molecular weight excluding hydrogens is 308 g/mol. The van der Waals surface area contributed by atoms with Gasteiger partial charge in [-0.3, -0.25) is 10.1 Å². The van der Waals surface area contributed by atoms with E-state index >= 15 is 0 Å². The van der Waals surface area contributed by atoms with E-state index in [-0.39, 0.29) is 6.04 Å². The fourth-order valence-electron chi connectivity index (χ4n) is 2.77. The number of hydrogen-bond donors (Lipinski definition) is 3. The molecule has 2 atom stereocenters. The summed E-state index contributed by atoms with van der Waals surface area (Å²) in [6.45, 7) is 5.25. The molecule has 9 nitrogen and oxygen atoms in total. The average molecular weight is 332 g/mol. The third-order valence-electron chi connectivity index (χ3n) is 3.80. The van der Waals surface area contributed by atoms with E-state index in [4.69, 9.17) is 9.84 Å². The first-order valence-electron chi connectivity index (χ1n) is 7.55. The van der Waals surface area contributed by atoms with E-state index in [0.29, 0.717) is 25.7 Å². The summed E-state index contributed by atoms with van der Waals surface area (Å²) in [5.74, 6) is -2.13. The second kappa shape index (κ2) is 7.58. The normalized spacial score (nSPS) is 24.3. The van der Waals surface area contributed by atoms with Crippen molar-refractivity contribution >= 4 is 12.1 Å². The van der Waals surface area contributed by atoms with Gasteiger partial charge in [0.15, 0.2) is 0 Å². The smallest absolute Gasteiger partial charge is 0.407 e. The molecule has 132 valence electrons. The zero-order valence-electron chi connectivity index (χ0n) is 13.5. The molecule has 0 aromatic heterocycles. The van der Waals surface area contributed by atoms with Gasteiger partial charge in [0.1, 0.15) is 5.60 Å². The Morgan fingerprint density at radius 1 is 1.26 bits per heavy atom. The van der Waals surface area contributed by atoms with E-state index in [1.165, 1.54) is 0 Å². The lowest BCUT2D eigenvalue weighted by Crippen LogP contribution is -2.48. The number of nitrogens with one attached hydrogen (secondary N) is 1. The molecule has 23 heavy (non-hydrogen) atoms. The van der Waals surface area contributed by atoms with Crippen LogP contribution in [-0.4, -0.2) is 51.0 Å². The van der Waals surface area contributed by atoms with Gasteiger partial charge in [0, 0.05) is 16.9 Å². The number of nitrogens with zero attached hydrogens (tertiary/aromatic N) is 1. The number of carbonyl (C=O) groups excluding carboxylic acids is 1. The van der Waals surface area contributed by atoms with Crippen molar-refractivity contribution in [3.8, 4) is 0 Å². The maximum Gasteiger partial charge on any atom is 0.407 e. The lowest BCUT2D eigenvalue weighted by molar-refractivity contribution is -0.542. The van der Waals surface area contributed by atoms with Crippen molar-refractivity contribution in [2.75, 3.05) is 0 Å². The number of amides is 1. The van der Waals surface area contributed by atoms with E-state index in [2.05, 4.69) is 5.32 Å². The minimum atomic E-state index is -2.02. The molecule has 0 bridgehead atoms. The summed E-state index contributed by atoms with van der Waals surface area (Å²) in [6.07, 6.45) is -0.906. The first-order chi connectivity index (χ1) is 10.5. The first kappa shape index (κ1) is 19.1. The van der Waals surface area contributed by atoms with Crippen molar-refractivity contribution in [3.05, 3.63) is 10.1 Å². The van der Waals surface area contributed by atoms with E-state index in [0.717, 1.165) is 0 Å². The van der Waals surface area contributed by atoms with Crippen LogP contribution in [0.4, 0.5) is 4.79 Å². The molecule has 0 aliphatic heterocycles. The minimum Gasteiger partial charge on any atom is -0.479 e. The number of alkyl carbamates (subject to hydrolysis) is 1. The molecule has 0 saturated heterocycles. The minimum absolute atomic E-state index is 0.171. The van der Waals surface area contributed by atoms with Crippen molar-refractivity contribution in [1.29, 1.82) is 0 Å². The fourth-order valence-corrected chi connectivity index (χ4v) is 2.77. The maximum absolute atomic E-state index is 11.7. The lowest BCUT2D eigenvalue weighted by atomic mass is 9.80. The third kappa shape index (κ3) is 6.01. The molecule has 1 amide bonds. The van der Waals surface area contributed by atoms with Crippen LogP contribution >= 0.6 is 0 Å². The Kier molecular flexibility index (Phi) is 6.31. The summed E-state index contributed by atoms with van der Waals surface area (Å²) in [5, 5.41) is 32.1. The van der Waals surface area contributed by atoms with Gasteiger partial charge in [0.2, 0.25) is 6.10 Å². The Morgan fingerprint density at radius 2 is 1.78 bits per heavy atom. The van der Waals surface area contributed by atoms with E-state index in [1.54, 1.807) is 20.8 Å². The highest BCUT2D eigenvalue weighted by molar-refractivity contribution is 5.72. The van der Waals surface area contributed by atoms with Crippen molar-refractivity contribution < 1.29 is 29.5 Å². The number of hydrogen-bond acceptors (Lipinski definition) is 6. The fraction of sp³-hybridized carbons (Fsp3) is 0.857. The summed E-state index contributed by atoms with van der Waals surface area (Å²) in [6, 6.07) is -1.70. The lowest BCUT2D eigenvalue weighted by Gasteiger charge is -2.31. The van der Waals surface area contributed by atoms with Gasteiger partial charge in [0.05, 0.1) is 0 Å². The highest BCUT2D eigenvalue weighted by Crippen LogP contribution is 2.30. The van der Waals surface area contributed by atoms with E-state index in [9.17, 15) is 24.8 Å². The highest BCUT2D eigenvalue weighted by Gasteiger charge is 2.43. The second-order valence-electron chi connectivity index (χ2n) is 6.82. The van der Waals surface area contributed by atoms with Crippen LogP contribution in [0.25, 0.3) is 0 Å². The SMILES string of the molecule is CC(C)(C)OC(=O)NC1CCC(C(C(O)C(=O)O)[N+](=O)[O-])CC1. The van der Waals surface area contributed by atoms with Crippen LogP contribution in [0.1, 0.15) is 46.5 Å². The van der Waals surface area contributed by atoms with Crippen LogP contribution in [0, 0.1) is 16.0 Å². The van der Waals surface area contributed by atoms with Crippen molar-refractivity contribution in [2.45, 2.75) is 70.2 Å². The number of ether oxygens (including phenoxy) is 1. The molecule has 0 aromatic rings. The Labute approximate surface area is 134 Å². The van der Waals surface area contributed by atoms with Gasteiger partial charge in [-0.1, -0.05) is 0 Å². The summed E-state index contributed by atoms with van der Waals surface area (Å²) in [4.78, 5) is 32.8. The molecule has 1 fully saturated rings. The molecule has 3 N–H and O–H groups in total. The summed E-state index contributed by atoms with van der Waals surface area (Å²) in [7, 11) is 0. The molecule has 1 aliphatic carbocycles. The second-order valence-corrected chi connectivity index (χ2v) is 6.82. The quantitative estimate of drug-likeness (QED) is 0.507. The number of carboxylic acids is 1. The van der Waals surface area contributed by atoms with Crippen LogP contribution < -0.4 is 5.32 Å². The van der Waals surface area contributed by atoms with Gasteiger partial charge in [-0.2, -0.15) is 0 Å². The van der Waals surface area contributed by atoms with Gasteiger partial charge in [-0.05, 0) is 46.5 Å². The largest absolute Gasteiger partial charge is 0.479 e. The number of rotatable bonds is 5. The molecule has 0 aromatic carbocycles. The zero-order chi connectivity index (χ0) is 17.8. The van der Waals surface area contributed by atoms with Gasteiger partial charge < -0.3 is 20.3 Å². The molecule has 0 spiro atoms. The number of carboxylic acid groups (broad SMARTS) is 1. The monoisotopic (exact) mass is 332 g/mol. The molecule has 1 aliphatic rings. The van der Waals surface area contributed by atoms with Crippen LogP contribution in [0.15, 0.2) is 0 Å². The Balaban J connectivity index is 2.55. The highest BCUT2D eigenvalue weighted by atomic mass is 16.6. The van der Waals surface area contributed by atoms with Gasteiger partial charge in [-0.25, -0.2) is 9.59 Å². The van der Waals surface area contributed by atoms with Gasteiger partial charge in [-0.15, -0.1) is 0 Å². The molecular formula is C14H24N2O7. The summed E-state index contributed by atoms with van der Waals surface area (Å²) in [5.41, 5.74) is -0.608. The van der Waals surface area contributed by atoms with Crippen LogP contribution in [0.5, 0.6) is 0 Å². The Bertz CT molecular complexity index is 453. The van der Waals surface area contributed by atoms with Gasteiger partial charge >= 0.3 is 12.1 Å². The Hall–Kier alpha value is -1.90. The van der Waals surface area contributed by atoms with Crippen LogP contribution in [-0.2, 0) is 9.53 Å². The van der Waals surface area contributed by atoms with E-state index in [1.807, 2.05) is 0 Å². The first-order valence-corrected chi connectivity index (χ1v) is 7.55. The van der Waals surface area contributed by atoms with Crippen molar-refractivity contribution in [2.24, 2.45) is 5.92 Å². The van der Waals surface area contributed by atoms with E-state index < -0.39 is 40.7 Å². The average Bonchev–Trinajstić information content (AvgIpc) is 2.38. The standard InChI is InChI=1S/C14H24N2O7/c1-14(2,3)23-13(20)15-9-6-4-8(5-7-9)10(16(21)22)11(17)12(18)19/h8-11,17H,4-7H2,1-3H3,(H,15,20)(H,18,19). The topological polar surface area (TPSA) is 139 Å². The summed E-state index contributed by atoms with van der Waals surface area (Å²) < 4.78 is 5.15. The van der Waals surface area contributed by atoms with Crippen LogP contribution in [0.3, 0.4) is 0 Å². The number of aliphatic carboxylic acids is 1. The van der Waals surface area contributed by atoms with Crippen LogP contribution in [0.2, 0.25) is 0 Å². The molecule has 1 saturated carbocycles. The molecule has 9 heteroatoms. The number of carbonyl (C=O) groups is 2. The predicted octanol–water partition coefficient (Wildman–Crippen LogP) is 1.16. The summed E-state index contributed by atoms with van der Waals surface area (Å²) >= 11 is 0. The predicted molar refractivity (Wildman–Crippen MR) is 79.5 cm³/mol. The van der Waals surface area contributed by atoms with Gasteiger partial charge in [0.25, 0.3) is 6.04 Å². The maximum atomic E-state index is 11.7. The third-order valence-corrected chi connectivity index (χ3v) is 3.80. The zero-order valence-corrected chi connectivity index (χ0v) is 13.5. The molecule has 0 radical (unpaired) electrons. The number of aliphatic hydroxyl groups excluding tert-OH is 1. The Morgan fingerprint density at radius 3 is 2.17 bits per heavy atom. The molecule has 0 heterocycles.